The van der Waals surface area contributed by atoms with Crippen LogP contribution in [0.3, 0.4) is 0 Å². The van der Waals surface area contributed by atoms with E-state index in [9.17, 15) is 19.7 Å². The first-order valence-electron chi connectivity index (χ1n) is 9.62. The normalized spacial score (nSPS) is 12.8. The lowest BCUT2D eigenvalue weighted by molar-refractivity contribution is -0.384. The zero-order valence-electron chi connectivity index (χ0n) is 17.5. The maximum Gasteiger partial charge on any atom is 0.271 e. The Kier molecular flexibility index (Phi) is 5.26. The summed E-state index contributed by atoms with van der Waals surface area (Å²) in [5.74, 6) is -0.0991. The summed E-state index contributed by atoms with van der Waals surface area (Å²) in [5, 5.41) is 18.2. The third-order valence-electron chi connectivity index (χ3n) is 4.66. The lowest BCUT2D eigenvalue weighted by Crippen LogP contribution is -2.43. The lowest BCUT2D eigenvalue weighted by Gasteiger charge is -2.28. The van der Waals surface area contributed by atoms with Crippen LogP contribution < -0.4 is 15.0 Å². The molecule has 0 unspecified atom stereocenters. The number of carbonyl (C=O) groups is 2. The number of benzene rings is 1. The van der Waals surface area contributed by atoms with Crippen molar-refractivity contribution in [3.63, 3.8) is 0 Å². The van der Waals surface area contributed by atoms with Gasteiger partial charge in [0, 0.05) is 29.6 Å². The van der Waals surface area contributed by atoms with E-state index in [1.165, 1.54) is 22.9 Å². The van der Waals surface area contributed by atoms with E-state index in [1.54, 1.807) is 13.0 Å². The quantitative estimate of drug-likeness (QED) is 0.470. The molecule has 0 saturated heterocycles. The third kappa shape index (κ3) is 4.10. The Bertz CT molecular complexity index is 1230. The molecule has 164 valence electrons. The number of nitrogens with one attached hydrogen (secondary N) is 1. The number of fused-ring (bicyclic) bond motifs is 1. The monoisotopic (exact) mass is 437 g/mol. The zero-order valence-corrected chi connectivity index (χ0v) is 17.5. The highest BCUT2D eigenvalue weighted by molar-refractivity contribution is 6.05. The topological polar surface area (TPSA) is 145 Å². The number of non-ortho nitro benzene ring substituents is 1. The Balaban J connectivity index is 1.60. The van der Waals surface area contributed by atoms with E-state index in [4.69, 9.17) is 4.74 Å². The summed E-state index contributed by atoms with van der Waals surface area (Å²) in [7, 11) is 0. The van der Waals surface area contributed by atoms with Gasteiger partial charge < -0.3 is 10.1 Å². The van der Waals surface area contributed by atoms with Gasteiger partial charge >= 0.3 is 0 Å². The molecule has 0 radical (unpaired) electrons. The molecule has 0 spiro atoms. The highest BCUT2D eigenvalue weighted by Crippen LogP contribution is 2.35. The van der Waals surface area contributed by atoms with Gasteiger partial charge in [-0.05, 0) is 32.9 Å². The van der Waals surface area contributed by atoms with Gasteiger partial charge in [0.05, 0.1) is 16.3 Å². The molecule has 1 aromatic carbocycles. The maximum atomic E-state index is 12.8. The number of ether oxygens (including phenoxy) is 1. The molecule has 1 aliphatic rings. The van der Waals surface area contributed by atoms with Gasteiger partial charge in [0.1, 0.15) is 18.1 Å². The molecule has 0 fully saturated rings. The number of aromatic nitrogens is 4. The van der Waals surface area contributed by atoms with Gasteiger partial charge in [0.15, 0.2) is 6.61 Å². The smallest absolute Gasteiger partial charge is 0.271 e. The van der Waals surface area contributed by atoms with E-state index in [1.807, 2.05) is 19.9 Å². The predicted octanol–water partition coefficient (Wildman–Crippen LogP) is 1.86. The highest BCUT2D eigenvalue weighted by Gasteiger charge is 2.29. The van der Waals surface area contributed by atoms with E-state index in [0.717, 1.165) is 16.3 Å². The van der Waals surface area contributed by atoms with Crippen molar-refractivity contribution in [2.45, 2.75) is 20.8 Å². The fraction of sp³-hybridized carbons (Fsp3) is 0.250. The van der Waals surface area contributed by atoms with Gasteiger partial charge in [0.2, 0.25) is 5.91 Å². The van der Waals surface area contributed by atoms with Gasteiger partial charge in [-0.15, -0.1) is 0 Å². The predicted molar refractivity (Wildman–Crippen MR) is 113 cm³/mol. The summed E-state index contributed by atoms with van der Waals surface area (Å²) in [6.45, 7) is 4.77. The van der Waals surface area contributed by atoms with Gasteiger partial charge in [-0.1, -0.05) is 0 Å². The van der Waals surface area contributed by atoms with Gasteiger partial charge in [-0.2, -0.15) is 9.78 Å². The van der Waals surface area contributed by atoms with Crippen LogP contribution in [0.4, 0.5) is 17.2 Å². The first-order chi connectivity index (χ1) is 15.2. The van der Waals surface area contributed by atoms with Crippen LogP contribution in [0.1, 0.15) is 17.1 Å². The van der Waals surface area contributed by atoms with Crippen LogP contribution >= 0.6 is 0 Å². The fourth-order valence-electron chi connectivity index (χ4n) is 3.35. The van der Waals surface area contributed by atoms with Gasteiger partial charge in [-0.3, -0.25) is 24.6 Å². The molecule has 0 atom stereocenters. The molecule has 1 N–H and O–H groups in total. The van der Waals surface area contributed by atoms with E-state index >= 15 is 0 Å². The van der Waals surface area contributed by atoms with Gasteiger partial charge in [0.25, 0.3) is 17.5 Å². The fourth-order valence-corrected chi connectivity index (χ4v) is 3.35. The van der Waals surface area contributed by atoms with Crippen molar-refractivity contribution in [1.29, 1.82) is 0 Å². The van der Waals surface area contributed by atoms with Crippen molar-refractivity contribution in [3.8, 4) is 11.7 Å². The molecule has 3 aromatic rings. The summed E-state index contributed by atoms with van der Waals surface area (Å²) < 4.78 is 6.74. The second-order valence-electron chi connectivity index (χ2n) is 7.26. The average molecular weight is 437 g/mol. The van der Waals surface area contributed by atoms with Crippen LogP contribution in [0.15, 0.2) is 30.3 Å². The Morgan fingerprint density at radius 1 is 1.16 bits per heavy atom. The number of amides is 2. The summed E-state index contributed by atoms with van der Waals surface area (Å²) in [5.41, 5.74) is 2.07. The second kappa shape index (κ2) is 8.06. The van der Waals surface area contributed by atoms with Crippen molar-refractivity contribution >= 4 is 29.0 Å². The van der Waals surface area contributed by atoms with E-state index in [2.05, 4.69) is 20.4 Å². The van der Waals surface area contributed by atoms with Crippen molar-refractivity contribution < 1.29 is 19.2 Å². The van der Waals surface area contributed by atoms with Crippen molar-refractivity contribution in [3.05, 3.63) is 57.5 Å². The molecular formula is C20H19N7O5. The summed E-state index contributed by atoms with van der Waals surface area (Å²) in [4.78, 5) is 45.6. The van der Waals surface area contributed by atoms with E-state index in [-0.39, 0.29) is 30.3 Å². The molecular weight excluding hydrogens is 418 g/mol. The molecule has 0 aliphatic carbocycles. The zero-order chi connectivity index (χ0) is 23.0. The number of nitrogens with zero attached hydrogens (tertiary/aromatic N) is 6. The Morgan fingerprint density at radius 3 is 2.56 bits per heavy atom. The van der Waals surface area contributed by atoms with Crippen LogP contribution in [0.2, 0.25) is 0 Å². The number of hydrogen-bond acceptors (Lipinski definition) is 8. The Labute approximate surface area is 182 Å². The van der Waals surface area contributed by atoms with E-state index in [0.29, 0.717) is 17.5 Å². The minimum absolute atomic E-state index is 0.160. The van der Waals surface area contributed by atoms with Crippen LogP contribution in [0.5, 0.6) is 5.75 Å². The third-order valence-corrected chi connectivity index (χ3v) is 4.66. The number of rotatable bonds is 5. The molecule has 3 heterocycles. The molecule has 12 nitrogen and oxygen atoms in total. The molecule has 0 saturated carbocycles. The lowest BCUT2D eigenvalue weighted by atomic mass is 10.2. The summed E-state index contributed by atoms with van der Waals surface area (Å²) in [6, 6.07) is 7.35. The molecule has 2 amide bonds. The van der Waals surface area contributed by atoms with Crippen molar-refractivity contribution in [2.75, 3.05) is 23.4 Å². The second-order valence-corrected chi connectivity index (χ2v) is 7.26. The molecule has 0 bridgehead atoms. The minimum Gasteiger partial charge on any atom is -0.482 e. The van der Waals surface area contributed by atoms with Crippen LogP contribution in [-0.2, 0) is 9.59 Å². The van der Waals surface area contributed by atoms with E-state index < -0.39 is 16.7 Å². The number of nitro groups is 1. The SMILES string of the molecule is Cc1cc(C)nc(-n2nc(C)cc2NC(=O)CN2C(=O)COc3ccc([N+](=O)[O-])cc32)n1. The Hall–Kier alpha value is -4.35. The number of hydrogen-bond donors (Lipinski definition) is 1. The standard InChI is InChI=1S/C20H19N7O5/c1-11-6-12(2)22-20(21-11)26-17(7-13(3)24-26)23-18(28)9-25-15-8-14(27(30)31)4-5-16(15)32-10-19(25)29/h4-8H,9-10H2,1-3H3,(H,23,28). The number of anilines is 2. The largest absolute Gasteiger partial charge is 0.482 e. The number of aryl methyl sites for hydroxylation is 3. The maximum absolute atomic E-state index is 12.8. The first kappa shape index (κ1) is 20.9. The van der Waals surface area contributed by atoms with Crippen molar-refractivity contribution in [2.24, 2.45) is 0 Å². The molecule has 32 heavy (non-hydrogen) atoms. The average Bonchev–Trinajstić information content (AvgIpc) is 3.09. The van der Waals surface area contributed by atoms with Crippen molar-refractivity contribution in [1.82, 2.24) is 19.7 Å². The highest BCUT2D eigenvalue weighted by atomic mass is 16.6. The number of nitro benzene ring substituents is 1. The first-order valence-corrected chi connectivity index (χ1v) is 9.62. The van der Waals surface area contributed by atoms with Crippen LogP contribution in [0.25, 0.3) is 5.95 Å². The molecule has 4 rings (SSSR count). The van der Waals surface area contributed by atoms with Crippen LogP contribution in [0, 0.1) is 30.9 Å². The Morgan fingerprint density at radius 2 is 1.88 bits per heavy atom. The molecule has 1 aliphatic heterocycles. The van der Waals surface area contributed by atoms with Gasteiger partial charge in [-0.25, -0.2) is 9.97 Å². The molecule has 12 heteroatoms. The number of carbonyl (C=O) groups excluding carboxylic acids is 2. The summed E-state index contributed by atoms with van der Waals surface area (Å²) >= 11 is 0. The summed E-state index contributed by atoms with van der Waals surface area (Å²) in [6.07, 6.45) is 0. The minimum atomic E-state index is -0.581. The molecule has 2 aromatic heterocycles. The van der Waals surface area contributed by atoms with Crippen LogP contribution in [-0.4, -0.2) is 49.6 Å².